The van der Waals surface area contributed by atoms with Crippen LogP contribution in [0.5, 0.6) is 0 Å². The Kier molecular flexibility index (Phi) is 4.84. The summed E-state index contributed by atoms with van der Waals surface area (Å²) < 4.78 is 5.26. The Morgan fingerprint density at radius 3 is 2.96 bits per heavy atom. The van der Waals surface area contributed by atoms with Gasteiger partial charge in [0.25, 0.3) is 0 Å². The molecule has 11 nitrogen and oxygen atoms in total. The van der Waals surface area contributed by atoms with Gasteiger partial charge in [0.15, 0.2) is 10.8 Å². The third-order valence-electron chi connectivity index (χ3n) is 3.40. The van der Waals surface area contributed by atoms with Gasteiger partial charge < -0.3 is 5.32 Å². The van der Waals surface area contributed by atoms with E-state index in [2.05, 4.69) is 40.5 Å². The average Bonchev–Trinajstić information content (AvgIpc) is 3.36. The molecule has 4 rings (SSSR count). The number of benzene rings is 1. The van der Waals surface area contributed by atoms with E-state index >= 15 is 0 Å². The van der Waals surface area contributed by atoms with E-state index in [1.165, 1.54) is 22.6 Å². The van der Waals surface area contributed by atoms with Crippen molar-refractivity contribution < 1.29 is 9.59 Å². The molecular weight excluding hydrogens is 390 g/mol. The Balaban J connectivity index is 1.38. The third kappa shape index (κ3) is 3.83. The number of para-hydroxylation sites is 1. The average molecular weight is 401 g/mol. The zero-order chi connectivity index (χ0) is 18.6. The lowest BCUT2D eigenvalue weighted by Gasteiger charge is -2.06. The van der Waals surface area contributed by atoms with Crippen LogP contribution < -0.4 is 10.6 Å². The predicted molar refractivity (Wildman–Crippen MR) is 98.4 cm³/mol. The fourth-order valence-electron chi connectivity index (χ4n) is 2.24. The Hall–Kier alpha value is -3.19. The van der Waals surface area contributed by atoms with Crippen molar-refractivity contribution in [2.45, 2.75) is 5.16 Å². The standard InChI is InChI=1S/C14H11N9O2S2/c24-10(19-13-16-7-17-27-13)5-15-11(25)6-26-14-18-9-4-2-1-3-8(9)12-20-21-22-23(12)14/h1-4,7H,5-6H2,(H,15,25)(H,16,17,19,24). The van der Waals surface area contributed by atoms with Gasteiger partial charge in [-0.05, 0) is 22.6 Å². The van der Waals surface area contributed by atoms with E-state index < -0.39 is 0 Å². The summed E-state index contributed by atoms with van der Waals surface area (Å²) in [5, 5.41) is 18.4. The van der Waals surface area contributed by atoms with E-state index in [1.54, 1.807) is 0 Å². The minimum Gasteiger partial charge on any atom is -0.346 e. The summed E-state index contributed by atoms with van der Waals surface area (Å²) in [6.07, 6.45) is 1.34. The van der Waals surface area contributed by atoms with Gasteiger partial charge in [-0.1, -0.05) is 23.9 Å². The van der Waals surface area contributed by atoms with Crippen molar-refractivity contribution in [3.8, 4) is 0 Å². The normalized spacial score (nSPS) is 11.0. The topological polar surface area (TPSA) is 140 Å². The van der Waals surface area contributed by atoms with E-state index in [1.807, 2.05) is 24.3 Å². The smallest absolute Gasteiger partial charge is 0.245 e. The lowest BCUT2D eigenvalue weighted by Crippen LogP contribution is -2.33. The summed E-state index contributed by atoms with van der Waals surface area (Å²) in [6.45, 7) is -0.162. The van der Waals surface area contributed by atoms with Crippen LogP contribution in [0.15, 0.2) is 35.7 Å². The lowest BCUT2D eigenvalue weighted by atomic mass is 10.2. The molecule has 2 amide bonds. The van der Waals surface area contributed by atoms with Gasteiger partial charge >= 0.3 is 0 Å². The molecule has 0 spiro atoms. The molecular formula is C14H11N9O2S2. The molecule has 27 heavy (non-hydrogen) atoms. The maximum absolute atomic E-state index is 12.0. The van der Waals surface area contributed by atoms with Crippen LogP contribution in [0.3, 0.4) is 0 Å². The monoisotopic (exact) mass is 401 g/mol. The number of fused-ring (bicyclic) bond motifs is 3. The quantitative estimate of drug-likeness (QED) is 0.346. The lowest BCUT2D eigenvalue weighted by molar-refractivity contribution is -0.122. The summed E-state index contributed by atoms with van der Waals surface area (Å²) in [5.74, 6) is -0.632. The molecule has 0 fully saturated rings. The maximum Gasteiger partial charge on any atom is 0.245 e. The second kappa shape index (κ2) is 7.59. The fourth-order valence-corrected chi connectivity index (χ4v) is 3.46. The largest absolute Gasteiger partial charge is 0.346 e. The second-order valence-electron chi connectivity index (χ2n) is 5.19. The van der Waals surface area contributed by atoms with Crippen LogP contribution in [0, 0.1) is 0 Å². The van der Waals surface area contributed by atoms with Crippen molar-refractivity contribution in [3.05, 3.63) is 30.6 Å². The van der Waals surface area contributed by atoms with Crippen molar-refractivity contribution in [3.63, 3.8) is 0 Å². The molecule has 0 aliphatic carbocycles. The number of anilines is 1. The van der Waals surface area contributed by atoms with Gasteiger partial charge in [-0.2, -0.15) is 8.89 Å². The molecule has 0 saturated carbocycles. The molecule has 0 aliphatic heterocycles. The van der Waals surface area contributed by atoms with Gasteiger partial charge in [0.1, 0.15) is 6.33 Å². The first-order valence-corrected chi connectivity index (χ1v) is 9.39. The summed E-state index contributed by atoms with van der Waals surface area (Å²) in [4.78, 5) is 32.1. The van der Waals surface area contributed by atoms with Gasteiger partial charge in [0, 0.05) is 16.9 Å². The van der Waals surface area contributed by atoms with Crippen LogP contribution in [0.4, 0.5) is 5.13 Å². The third-order valence-corrected chi connectivity index (χ3v) is 4.91. The number of aromatic nitrogens is 7. The van der Waals surface area contributed by atoms with E-state index in [4.69, 9.17) is 0 Å². The zero-order valence-electron chi connectivity index (χ0n) is 13.6. The molecule has 13 heteroatoms. The SMILES string of the molecule is O=C(CSc1nc2ccccc2c2nnnn12)NCC(=O)Nc1ncns1. The van der Waals surface area contributed by atoms with E-state index in [9.17, 15) is 9.59 Å². The van der Waals surface area contributed by atoms with Crippen LogP contribution >= 0.6 is 23.3 Å². The van der Waals surface area contributed by atoms with Gasteiger partial charge in [0.2, 0.25) is 16.9 Å². The molecule has 0 aliphatic rings. The molecule has 136 valence electrons. The minimum absolute atomic E-state index is 0.0619. The molecule has 0 atom stereocenters. The number of tetrazole rings is 1. The zero-order valence-corrected chi connectivity index (χ0v) is 15.2. The predicted octanol–water partition coefficient (Wildman–Crippen LogP) is 0.371. The first-order valence-electron chi connectivity index (χ1n) is 7.63. The highest BCUT2D eigenvalue weighted by molar-refractivity contribution is 7.99. The summed E-state index contributed by atoms with van der Waals surface area (Å²) in [6, 6.07) is 7.48. The Bertz CT molecular complexity index is 1110. The maximum atomic E-state index is 12.0. The first kappa shape index (κ1) is 17.2. The highest BCUT2D eigenvalue weighted by Crippen LogP contribution is 2.22. The van der Waals surface area contributed by atoms with Crippen molar-refractivity contribution in [2.75, 3.05) is 17.6 Å². The van der Waals surface area contributed by atoms with Gasteiger partial charge in [-0.3, -0.25) is 14.9 Å². The number of thioether (sulfide) groups is 1. The van der Waals surface area contributed by atoms with Crippen molar-refractivity contribution in [1.29, 1.82) is 0 Å². The number of hydrogen-bond donors (Lipinski definition) is 2. The van der Waals surface area contributed by atoms with Crippen molar-refractivity contribution in [2.24, 2.45) is 0 Å². The highest BCUT2D eigenvalue weighted by atomic mass is 32.2. The number of carbonyl (C=O) groups is 2. The summed E-state index contributed by atoms with van der Waals surface area (Å²) in [7, 11) is 0. The Labute approximate surface area is 159 Å². The Morgan fingerprint density at radius 1 is 1.22 bits per heavy atom. The molecule has 3 heterocycles. The summed E-state index contributed by atoms with van der Waals surface area (Å²) >= 11 is 2.24. The van der Waals surface area contributed by atoms with Crippen LogP contribution in [-0.4, -0.2) is 58.5 Å². The molecule has 0 unspecified atom stereocenters. The fraction of sp³-hybridized carbons (Fsp3) is 0.143. The van der Waals surface area contributed by atoms with E-state index in [0.29, 0.717) is 15.9 Å². The van der Waals surface area contributed by atoms with E-state index in [0.717, 1.165) is 22.4 Å². The van der Waals surface area contributed by atoms with Crippen LogP contribution in [-0.2, 0) is 9.59 Å². The molecule has 0 radical (unpaired) electrons. The number of amides is 2. The first-order chi connectivity index (χ1) is 13.2. The van der Waals surface area contributed by atoms with Gasteiger partial charge in [-0.15, -0.1) is 5.10 Å². The van der Waals surface area contributed by atoms with Crippen molar-refractivity contribution in [1.82, 2.24) is 39.7 Å². The van der Waals surface area contributed by atoms with Crippen LogP contribution in [0.2, 0.25) is 0 Å². The van der Waals surface area contributed by atoms with Crippen LogP contribution in [0.25, 0.3) is 16.6 Å². The molecule has 0 saturated heterocycles. The highest BCUT2D eigenvalue weighted by Gasteiger charge is 2.14. The number of nitrogens with zero attached hydrogens (tertiary/aromatic N) is 7. The number of hydrogen-bond acceptors (Lipinski definition) is 10. The summed E-state index contributed by atoms with van der Waals surface area (Å²) in [5.41, 5.74) is 1.30. The molecule has 4 aromatic rings. The van der Waals surface area contributed by atoms with Crippen molar-refractivity contribution >= 4 is 56.8 Å². The number of rotatable bonds is 6. The number of nitrogens with one attached hydrogen (secondary N) is 2. The molecule has 0 bridgehead atoms. The minimum atomic E-state index is -0.378. The van der Waals surface area contributed by atoms with E-state index in [-0.39, 0.29) is 24.1 Å². The van der Waals surface area contributed by atoms with Crippen LogP contribution in [0.1, 0.15) is 0 Å². The molecule has 3 aromatic heterocycles. The van der Waals surface area contributed by atoms with Gasteiger partial charge in [-0.25, -0.2) is 9.97 Å². The second-order valence-corrected chi connectivity index (χ2v) is 6.91. The number of carbonyl (C=O) groups excluding carboxylic acids is 2. The Morgan fingerprint density at radius 2 is 2.11 bits per heavy atom. The molecule has 2 N–H and O–H groups in total. The molecule has 1 aromatic carbocycles. The van der Waals surface area contributed by atoms with Gasteiger partial charge in [0.05, 0.1) is 17.8 Å².